The molecule has 0 saturated carbocycles. The van der Waals surface area contributed by atoms with Gasteiger partial charge in [-0.2, -0.15) is 5.10 Å². The molecule has 3 aromatic rings. The summed E-state index contributed by atoms with van der Waals surface area (Å²) in [6, 6.07) is 14.9. The molecule has 1 atom stereocenters. The first-order valence-electron chi connectivity index (χ1n) is 9.32. The van der Waals surface area contributed by atoms with Gasteiger partial charge in [-0.05, 0) is 35.7 Å². The van der Waals surface area contributed by atoms with Crippen LogP contribution in [0.2, 0.25) is 0 Å². The number of amides is 3. The van der Waals surface area contributed by atoms with Gasteiger partial charge >= 0.3 is 6.03 Å². The van der Waals surface area contributed by atoms with Gasteiger partial charge in [0.15, 0.2) is 0 Å². The molecule has 0 aliphatic rings. The standard InChI is InChI=1S/C21H24N6O2/c1-15(19-4-3-5-20(10-19)26-16(2)28)25-21(29)23-11-17-6-8-18(9-7-17)12-27-14-22-13-24-27/h3-10,13-15H,11-12H2,1-2H3,(H,26,28)(H2,23,25,29). The second kappa shape index (κ2) is 9.50. The number of hydrogen-bond acceptors (Lipinski definition) is 4. The molecule has 29 heavy (non-hydrogen) atoms. The van der Waals surface area contributed by atoms with Crippen LogP contribution in [0.1, 0.15) is 36.6 Å². The monoisotopic (exact) mass is 392 g/mol. The van der Waals surface area contributed by atoms with E-state index in [9.17, 15) is 9.59 Å². The minimum atomic E-state index is -0.255. The van der Waals surface area contributed by atoms with Gasteiger partial charge in [-0.25, -0.2) is 14.5 Å². The Balaban J connectivity index is 1.48. The fourth-order valence-electron chi connectivity index (χ4n) is 2.87. The van der Waals surface area contributed by atoms with Gasteiger partial charge in [-0.3, -0.25) is 4.79 Å². The number of benzene rings is 2. The number of rotatable bonds is 7. The molecule has 1 unspecified atom stereocenters. The van der Waals surface area contributed by atoms with Crippen LogP contribution in [0.15, 0.2) is 61.2 Å². The highest BCUT2D eigenvalue weighted by molar-refractivity contribution is 5.88. The predicted octanol–water partition coefficient (Wildman–Crippen LogP) is 2.85. The Labute approximate surface area is 169 Å². The van der Waals surface area contributed by atoms with E-state index in [4.69, 9.17) is 0 Å². The predicted molar refractivity (Wildman–Crippen MR) is 110 cm³/mol. The van der Waals surface area contributed by atoms with Crippen LogP contribution in [0, 0.1) is 0 Å². The van der Waals surface area contributed by atoms with E-state index in [-0.39, 0.29) is 18.0 Å². The number of carbonyl (C=O) groups is 2. The third-order valence-corrected chi connectivity index (χ3v) is 4.34. The number of carbonyl (C=O) groups excluding carboxylic acids is 2. The SMILES string of the molecule is CC(=O)Nc1cccc(C(C)NC(=O)NCc2ccc(Cn3cncn3)cc2)c1. The van der Waals surface area contributed by atoms with Gasteiger partial charge in [-0.15, -0.1) is 0 Å². The first kappa shape index (κ1) is 20.1. The van der Waals surface area contributed by atoms with Gasteiger partial charge in [0, 0.05) is 19.2 Å². The third kappa shape index (κ3) is 6.17. The van der Waals surface area contributed by atoms with E-state index in [1.54, 1.807) is 11.0 Å². The highest BCUT2D eigenvalue weighted by Crippen LogP contribution is 2.17. The van der Waals surface area contributed by atoms with E-state index in [1.807, 2.05) is 55.5 Å². The fourth-order valence-corrected chi connectivity index (χ4v) is 2.87. The van der Waals surface area contributed by atoms with E-state index in [0.717, 1.165) is 16.7 Å². The average molecular weight is 392 g/mol. The number of nitrogens with zero attached hydrogens (tertiary/aromatic N) is 3. The number of hydrogen-bond donors (Lipinski definition) is 3. The molecule has 3 rings (SSSR count). The van der Waals surface area contributed by atoms with Crippen molar-refractivity contribution in [2.45, 2.75) is 33.0 Å². The van der Waals surface area contributed by atoms with Gasteiger partial charge in [0.1, 0.15) is 12.7 Å². The van der Waals surface area contributed by atoms with Crippen molar-refractivity contribution in [1.82, 2.24) is 25.4 Å². The summed E-state index contributed by atoms with van der Waals surface area (Å²) in [4.78, 5) is 27.4. The van der Waals surface area contributed by atoms with Crippen LogP contribution in [-0.2, 0) is 17.9 Å². The van der Waals surface area contributed by atoms with Crippen LogP contribution < -0.4 is 16.0 Å². The zero-order valence-electron chi connectivity index (χ0n) is 16.4. The molecular formula is C21H24N6O2. The van der Waals surface area contributed by atoms with Crippen molar-refractivity contribution in [3.8, 4) is 0 Å². The van der Waals surface area contributed by atoms with E-state index in [0.29, 0.717) is 18.8 Å². The molecule has 2 aromatic carbocycles. The maximum absolute atomic E-state index is 12.2. The summed E-state index contributed by atoms with van der Waals surface area (Å²) < 4.78 is 1.75. The molecule has 3 amide bonds. The Bertz CT molecular complexity index is 954. The summed E-state index contributed by atoms with van der Waals surface area (Å²) in [5, 5.41) is 12.6. The van der Waals surface area contributed by atoms with Crippen LogP contribution in [0.25, 0.3) is 0 Å². The van der Waals surface area contributed by atoms with E-state index < -0.39 is 0 Å². The number of aromatic nitrogens is 3. The van der Waals surface area contributed by atoms with E-state index in [1.165, 1.54) is 13.3 Å². The van der Waals surface area contributed by atoms with Crippen molar-refractivity contribution in [2.75, 3.05) is 5.32 Å². The number of nitrogens with one attached hydrogen (secondary N) is 3. The van der Waals surface area contributed by atoms with Crippen molar-refractivity contribution >= 4 is 17.6 Å². The van der Waals surface area contributed by atoms with Gasteiger partial charge < -0.3 is 16.0 Å². The molecule has 0 bridgehead atoms. The first-order chi connectivity index (χ1) is 14.0. The Kier molecular flexibility index (Phi) is 6.57. The van der Waals surface area contributed by atoms with Crippen molar-refractivity contribution < 1.29 is 9.59 Å². The van der Waals surface area contributed by atoms with Crippen molar-refractivity contribution in [1.29, 1.82) is 0 Å². The molecular weight excluding hydrogens is 368 g/mol. The second-order valence-electron chi connectivity index (χ2n) is 6.76. The molecule has 0 aliphatic carbocycles. The molecule has 1 heterocycles. The summed E-state index contributed by atoms with van der Waals surface area (Å²) in [6.07, 6.45) is 3.18. The average Bonchev–Trinajstić information content (AvgIpc) is 3.20. The molecule has 1 aromatic heterocycles. The largest absolute Gasteiger partial charge is 0.334 e. The van der Waals surface area contributed by atoms with Gasteiger partial charge in [0.05, 0.1) is 12.6 Å². The van der Waals surface area contributed by atoms with Crippen LogP contribution in [0.5, 0.6) is 0 Å². The lowest BCUT2D eigenvalue weighted by atomic mass is 10.1. The van der Waals surface area contributed by atoms with Crippen molar-refractivity contribution in [3.05, 3.63) is 77.9 Å². The molecule has 8 nitrogen and oxygen atoms in total. The highest BCUT2D eigenvalue weighted by Gasteiger charge is 2.10. The smallest absolute Gasteiger partial charge is 0.315 e. The molecule has 0 saturated heterocycles. The second-order valence-corrected chi connectivity index (χ2v) is 6.76. The van der Waals surface area contributed by atoms with Crippen LogP contribution >= 0.6 is 0 Å². The van der Waals surface area contributed by atoms with Crippen molar-refractivity contribution in [2.24, 2.45) is 0 Å². The minimum Gasteiger partial charge on any atom is -0.334 e. The fraction of sp³-hybridized carbons (Fsp3) is 0.238. The maximum Gasteiger partial charge on any atom is 0.315 e. The lowest BCUT2D eigenvalue weighted by Crippen LogP contribution is -2.36. The minimum absolute atomic E-state index is 0.132. The molecule has 150 valence electrons. The summed E-state index contributed by atoms with van der Waals surface area (Å²) in [5.41, 5.74) is 3.72. The highest BCUT2D eigenvalue weighted by atomic mass is 16.2. The van der Waals surface area contributed by atoms with Gasteiger partial charge in [-0.1, -0.05) is 36.4 Å². The molecule has 0 spiro atoms. The maximum atomic E-state index is 12.2. The first-order valence-corrected chi connectivity index (χ1v) is 9.32. The summed E-state index contributed by atoms with van der Waals surface area (Å²) in [5.74, 6) is -0.132. The Morgan fingerprint density at radius 1 is 1.10 bits per heavy atom. The lowest BCUT2D eigenvalue weighted by Gasteiger charge is -2.16. The topological polar surface area (TPSA) is 101 Å². The molecule has 8 heteroatoms. The molecule has 3 N–H and O–H groups in total. The molecule has 0 fully saturated rings. The molecule has 0 aliphatic heterocycles. The number of urea groups is 1. The number of anilines is 1. The Morgan fingerprint density at radius 2 is 1.86 bits per heavy atom. The van der Waals surface area contributed by atoms with Crippen molar-refractivity contribution in [3.63, 3.8) is 0 Å². The quantitative estimate of drug-likeness (QED) is 0.575. The van der Waals surface area contributed by atoms with E-state index in [2.05, 4.69) is 26.0 Å². The van der Waals surface area contributed by atoms with Crippen LogP contribution in [0.4, 0.5) is 10.5 Å². The third-order valence-electron chi connectivity index (χ3n) is 4.34. The Morgan fingerprint density at radius 3 is 2.55 bits per heavy atom. The summed E-state index contributed by atoms with van der Waals surface area (Å²) in [6.45, 7) is 4.44. The normalized spacial score (nSPS) is 11.5. The van der Waals surface area contributed by atoms with Gasteiger partial charge in [0.25, 0.3) is 0 Å². The van der Waals surface area contributed by atoms with Gasteiger partial charge in [0.2, 0.25) is 5.91 Å². The summed E-state index contributed by atoms with van der Waals surface area (Å²) in [7, 11) is 0. The van der Waals surface area contributed by atoms with Crippen LogP contribution in [-0.4, -0.2) is 26.7 Å². The lowest BCUT2D eigenvalue weighted by molar-refractivity contribution is -0.114. The zero-order chi connectivity index (χ0) is 20.6. The van der Waals surface area contributed by atoms with E-state index >= 15 is 0 Å². The molecule has 0 radical (unpaired) electrons. The van der Waals surface area contributed by atoms with Crippen LogP contribution in [0.3, 0.4) is 0 Å². The zero-order valence-corrected chi connectivity index (χ0v) is 16.4. The summed E-state index contributed by atoms with van der Waals surface area (Å²) >= 11 is 0. The Hall–Kier alpha value is -3.68.